The van der Waals surface area contributed by atoms with Gasteiger partial charge in [0.25, 0.3) is 0 Å². The molecule has 0 saturated carbocycles. The van der Waals surface area contributed by atoms with Gasteiger partial charge in [0.1, 0.15) is 0 Å². The van der Waals surface area contributed by atoms with E-state index in [1.807, 2.05) is 68.4 Å². The van der Waals surface area contributed by atoms with Gasteiger partial charge in [0, 0.05) is 34.2 Å². The predicted molar refractivity (Wildman–Crippen MR) is 124 cm³/mol. The number of nitrogens with one attached hydrogen (secondary N) is 2. The third kappa shape index (κ3) is 4.24. The maximum absolute atomic E-state index is 12.5. The average molecular weight is 418 g/mol. The number of anilines is 1. The number of halogens is 1. The maximum atomic E-state index is 12.5. The van der Waals surface area contributed by atoms with Crippen molar-refractivity contribution in [3.8, 4) is 11.4 Å². The van der Waals surface area contributed by atoms with Crippen LogP contribution in [0.25, 0.3) is 22.3 Å². The molecule has 4 rings (SSSR count). The van der Waals surface area contributed by atoms with Gasteiger partial charge in [0.2, 0.25) is 5.91 Å². The Morgan fingerprint density at radius 2 is 1.97 bits per heavy atom. The summed E-state index contributed by atoms with van der Waals surface area (Å²) in [5.41, 5.74) is 7.20. The number of aromatic amines is 1. The molecule has 0 aliphatic carbocycles. The molecule has 4 aromatic rings. The van der Waals surface area contributed by atoms with Gasteiger partial charge in [-0.25, -0.2) is 0 Å². The van der Waals surface area contributed by atoms with Gasteiger partial charge in [0.05, 0.1) is 11.4 Å². The Morgan fingerprint density at radius 3 is 2.77 bits per heavy atom. The van der Waals surface area contributed by atoms with Crippen molar-refractivity contribution in [3.05, 3.63) is 82.5 Å². The van der Waals surface area contributed by atoms with Crippen molar-refractivity contribution in [3.63, 3.8) is 0 Å². The van der Waals surface area contributed by atoms with Crippen molar-refractivity contribution >= 4 is 34.1 Å². The summed E-state index contributed by atoms with van der Waals surface area (Å²) in [4.78, 5) is 20.5. The van der Waals surface area contributed by atoms with E-state index in [0.29, 0.717) is 11.4 Å². The van der Waals surface area contributed by atoms with Crippen LogP contribution >= 0.6 is 11.6 Å². The molecule has 0 bridgehead atoms. The van der Waals surface area contributed by atoms with Crippen LogP contribution in [0.15, 0.2) is 60.8 Å². The molecule has 30 heavy (non-hydrogen) atoms. The van der Waals surface area contributed by atoms with Crippen LogP contribution in [0.1, 0.15) is 29.5 Å². The first-order valence-corrected chi connectivity index (χ1v) is 10.5. The lowest BCUT2D eigenvalue weighted by molar-refractivity contribution is -0.116. The normalized spacial score (nSPS) is 11.0. The number of pyridine rings is 1. The molecule has 2 aromatic carbocycles. The lowest BCUT2D eigenvalue weighted by Gasteiger charge is -2.10. The highest BCUT2D eigenvalue weighted by molar-refractivity contribution is 6.31. The molecule has 0 fully saturated rings. The number of rotatable bonds is 6. The topological polar surface area (TPSA) is 57.8 Å². The lowest BCUT2D eigenvalue weighted by atomic mass is 10.0. The number of fused-ring (bicyclic) bond motifs is 1. The van der Waals surface area contributed by atoms with Crippen LogP contribution in [-0.4, -0.2) is 15.9 Å². The van der Waals surface area contributed by atoms with Crippen LogP contribution in [0.2, 0.25) is 5.02 Å². The van der Waals surface area contributed by atoms with Crippen LogP contribution in [0, 0.1) is 13.8 Å². The van der Waals surface area contributed by atoms with Crippen molar-refractivity contribution in [2.75, 3.05) is 5.32 Å². The Bertz CT molecular complexity index is 1200. The quantitative estimate of drug-likeness (QED) is 0.378. The summed E-state index contributed by atoms with van der Waals surface area (Å²) >= 11 is 6.25. The summed E-state index contributed by atoms with van der Waals surface area (Å²) in [6.07, 6.45) is 3.72. The Kier molecular flexibility index (Phi) is 5.86. The van der Waals surface area contributed by atoms with Crippen LogP contribution in [-0.2, 0) is 11.2 Å². The molecule has 0 radical (unpaired) electrons. The summed E-state index contributed by atoms with van der Waals surface area (Å²) < 4.78 is 0. The number of aryl methyl sites for hydroxylation is 2. The molecule has 2 heterocycles. The Labute approximate surface area is 181 Å². The summed E-state index contributed by atoms with van der Waals surface area (Å²) in [5.74, 6) is 0.0287. The molecule has 2 aromatic heterocycles. The van der Waals surface area contributed by atoms with Crippen molar-refractivity contribution in [1.82, 2.24) is 9.97 Å². The van der Waals surface area contributed by atoms with E-state index in [-0.39, 0.29) is 5.91 Å². The fourth-order valence-electron chi connectivity index (χ4n) is 3.73. The van der Waals surface area contributed by atoms with Gasteiger partial charge >= 0.3 is 0 Å². The van der Waals surface area contributed by atoms with E-state index in [1.54, 1.807) is 6.20 Å². The van der Waals surface area contributed by atoms with Gasteiger partial charge in [-0.2, -0.15) is 0 Å². The molecule has 0 spiro atoms. The van der Waals surface area contributed by atoms with Crippen LogP contribution in [0.4, 0.5) is 5.69 Å². The highest BCUT2D eigenvalue weighted by Crippen LogP contribution is 2.32. The van der Waals surface area contributed by atoms with E-state index in [2.05, 4.69) is 15.3 Å². The van der Waals surface area contributed by atoms with Crippen molar-refractivity contribution in [2.24, 2.45) is 0 Å². The van der Waals surface area contributed by atoms with Crippen LogP contribution in [0.5, 0.6) is 0 Å². The minimum absolute atomic E-state index is 0.0287. The summed E-state index contributed by atoms with van der Waals surface area (Å²) in [7, 11) is 0. The zero-order valence-electron chi connectivity index (χ0n) is 17.1. The first kappa shape index (κ1) is 20.2. The van der Waals surface area contributed by atoms with E-state index in [1.165, 1.54) is 5.56 Å². The van der Waals surface area contributed by atoms with Crippen molar-refractivity contribution in [2.45, 2.75) is 33.1 Å². The number of benzene rings is 2. The number of H-pyrrole nitrogens is 1. The first-order valence-electron chi connectivity index (χ1n) is 10.1. The van der Waals surface area contributed by atoms with E-state index < -0.39 is 0 Å². The second-order valence-electron chi connectivity index (χ2n) is 7.53. The summed E-state index contributed by atoms with van der Waals surface area (Å²) in [6, 6.07) is 17.7. The molecular weight excluding hydrogens is 394 g/mol. The number of aromatic nitrogens is 2. The monoisotopic (exact) mass is 417 g/mol. The fourth-order valence-corrected chi connectivity index (χ4v) is 3.91. The van der Waals surface area contributed by atoms with Gasteiger partial charge in [0.15, 0.2) is 0 Å². The van der Waals surface area contributed by atoms with Gasteiger partial charge in [-0.1, -0.05) is 29.8 Å². The molecule has 0 saturated heterocycles. The fraction of sp³-hybridized carbons (Fsp3) is 0.200. The lowest BCUT2D eigenvalue weighted by Crippen LogP contribution is -2.12. The Morgan fingerprint density at radius 1 is 1.10 bits per heavy atom. The smallest absolute Gasteiger partial charge is 0.224 e. The second-order valence-corrected chi connectivity index (χ2v) is 7.97. The molecule has 4 nitrogen and oxygen atoms in total. The molecule has 0 unspecified atom stereocenters. The predicted octanol–water partition coefficient (Wildman–Crippen LogP) is 6.46. The van der Waals surface area contributed by atoms with E-state index >= 15 is 0 Å². The summed E-state index contributed by atoms with van der Waals surface area (Å²) in [5, 5.41) is 4.82. The minimum atomic E-state index is 0.0287. The number of carbonyl (C=O) groups excluding carboxylic acids is 1. The number of carbonyl (C=O) groups is 1. The zero-order valence-corrected chi connectivity index (χ0v) is 17.9. The van der Waals surface area contributed by atoms with Crippen molar-refractivity contribution in [1.29, 1.82) is 0 Å². The highest BCUT2D eigenvalue weighted by Gasteiger charge is 2.15. The van der Waals surface area contributed by atoms with E-state index in [9.17, 15) is 4.79 Å². The highest BCUT2D eigenvalue weighted by atomic mass is 35.5. The molecule has 0 aliphatic heterocycles. The van der Waals surface area contributed by atoms with Gasteiger partial charge in [-0.15, -0.1) is 0 Å². The van der Waals surface area contributed by atoms with Crippen molar-refractivity contribution < 1.29 is 4.79 Å². The molecule has 5 heteroatoms. The van der Waals surface area contributed by atoms with E-state index in [4.69, 9.17) is 11.6 Å². The molecule has 0 aliphatic rings. The maximum Gasteiger partial charge on any atom is 0.224 e. The minimum Gasteiger partial charge on any atom is -0.353 e. The third-order valence-corrected chi connectivity index (χ3v) is 5.73. The largest absolute Gasteiger partial charge is 0.353 e. The molecular formula is C25H24ClN3O. The molecule has 1 amide bonds. The van der Waals surface area contributed by atoms with E-state index in [0.717, 1.165) is 51.9 Å². The number of amides is 1. The van der Waals surface area contributed by atoms with Gasteiger partial charge in [-0.3, -0.25) is 9.78 Å². The summed E-state index contributed by atoms with van der Waals surface area (Å²) in [6.45, 7) is 4.08. The van der Waals surface area contributed by atoms with Gasteiger partial charge < -0.3 is 10.3 Å². The number of nitrogens with zero attached hydrogens (tertiary/aromatic N) is 1. The zero-order chi connectivity index (χ0) is 21.1. The third-order valence-electron chi connectivity index (χ3n) is 5.50. The molecule has 152 valence electrons. The van der Waals surface area contributed by atoms with Gasteiger partial charge in [-0.05, 0) is 79.8 Å². The Balaban J connectivity index is 1.53. The average Bonchev–Trinajstić information content (AvgIpc) is 3.10. The second kappa shape index (κ2) is 8.72. The van der Waals surface area contributed by atoms with Crippen LogP contribution in [0.3, 0.4) is 0 Å². The number of hydrogen-bond donors (Lipinski definition) is 2. The first-order chi connectivity index (χ1) is 14.5. The van der Waals surface area contributed by atoms with Crippen LogP contribution < -0.4 is 5.32 Å². The Hall–Kier alpha value is -3.11. The SMILES string of the molecule is Cc1cccc(NC(=O)CCCc2c(-c3ccccn3)[nH]c3ccc(Cl)cc23)c1C. The number of hydrogen-bond acceptors (Lipinski definition) is 2. The molecule has 0 atom stereocenters. The standard InChI is InChI=1S/C25H24ClN3O/c1-16-7-5-10-21(17(16)2)28-24(30)11-6-8-19-20-15-18(26)12-13-22(20)29-25(19)23-9-3-4-14-27-23/h3-5,7,9-10,12-15,29H,6,8,11H2,1-2H3,(H,28,30). The molecule has 2 N–H and O–H groups in total.